The van der Waals surface area contributed by atoms with Crippen LogP contribution in [0.25, 0.3) is 0 Å². The lowest BCUT2D eigenvalue weighted by atomic mass is 10.2. The maximum Gasteiger partial charge on any atom is 0.339 e. The van der Waals surface area contributed by atoms with Crippen LogP contribution in [0.5, 0.6) is 0 Å². The Kier molecular flexibility index (Phi) is 4.80. The van der Waals surface area contributed by atoms with Gasteiger partial charge in [0, 0.05) is 17.1 Å². The van der Waals surface area contributed by atoms with E-state index < -0.39 is 5.97 Å². The molecule has 6 heteroatoms. The molecule has 0 atom stereocenters. The molecule has 0 fully saturated rings. The van der Waals surface area contributed by atoms with Gasteiger partial charge in [-0.1, -0.05) is 6.07 Å². The van der Waals surface area contributed by atoms with E-state index >= 15 is 0 Å². The van der Waals surface area contributed by atoms with Crippen molar-refractivity contribution in [2.45, 2.75) is 30.8 Å². The Morgan fingerprint density at radius 3 is 2.57 bits per heavy atom. The zero-order chi connectivity index (χ0) is 15.4. The number of aromatic nitrogens is 2. The average Bonchev–Trinajstić information content (AvgIpc) is 2.40. The number of rotatable bonds is 4. The van der Waals surface area contributed by atoms with Crippen LogP contribution in [0.4, 0.5) is 5.69 Å². The first-order valence-electron chi connectivity index (χ1n) is 6.57. The highest BCUT2D eigenvalue weighted by Crippen LogP contribution is 2.33. The Bertz CT molecular complexity index is 654. The van der Waals surface area contributed by atoms with E-state index in [0.717, 1.165) is 11.4 Å². The lowest BCUT2D eigenvalue weighted by molar-refractivity contribution is 0.0522. The van der Waals surface area contributed by atoms with Crippen molar-refractivity contribution in [3.05, 3.63) is 41.2 Å². The number of benzene rings is 1. The van der Waals surface area contributed by atoms with Gasteiger partial charge in [0.2, 0.25) is 0 Å². The number of ether oxygens (including phenoxy) is 1. The minimum absolute atomic E-state index is 0.317. The number of carbonyl (C=O) groups is 1. The molecule has 0 amide bonds. The Hall–Kier alpha value is -2.08. The summed E-state index contributed by atoms with van der Waals surface area (Å²) in [7, 11) is 0. The second-order valence-electron chi connectivity index (χ2n) is 4.48. The summed E-state index contributed by atoms with van der Waals surface area (Å²) < 4.78 is 5.06. The maximum atomic E-state index is 12.0. The average molecular weight is 303 g/mol. The summed E-state index contributed by atoms with van der Waals surface area (Å²) in [4.78, 5) is 21.4. The molecule has 110 valence electrons. The molecule has 0 spiro atoms. The number of aryl methyl sites for hydroxylation is 2. The fourth-order valence-corrected chi connectivity index (χ4v) is 2.88. The van der Waals surface area contributed by atoms with Crippen molar-refractivity contribution < 1.29 is 9.53 Å². The van der Waals surface area contributed by atoms with Gasteiger partial charge < -0.3 is 10.5 Å². The van der Waals surface area contributed by atoms with Crippen molar-refractivity contribution >= 4 is 23.4 Å². The highest BCUT2D eigenvalue weighted by atomic mass is 32.2. The van der Waals surface area contributed by atoms with E-state index in [1.165, 1.54) is 11.8 Å². The molecule has 5 nitrogen and oxygen atoms in total. The van der Waals surface area contributed by atoms with E-state index in [0.29, 0.717) is 27.9 Å². The van der Waals surface area contributed by atoms with Crippen LogP contribution in [-0.4, -0.2) is 22.5 Å². The number of hydrogen-bond donors (Lipinski definition) is 1. The number of hydrogen-bond acceptors (Lipinski definition) is 6. The van der Waals surface area contributed by atoms with E-state index in [2.05, 4.69) is 9.97 Å². The summed E-state index contributed by atoms with van der Waals surface area (Å²) >= 11 is 1.28. The monoisotopic (exact) mass is 303 g/mol. The molecule has 1 aromatic carbocycles. The van der Waals surface area contributed by atoms with Crippen LogP contribution in [0.15, 0.2) is 34.3 Å². The minimum atomic E-state index is -0.392. The molecule has 21 heavy (non-hydrogen) atoms. The molecule has 2 rings (SSSR count). The number of nitrogen functional groups attached to an aromatic ring is 1. The first-order valence-corrected chi connectivity index (χ1v) is 7.38. The molecular weight excluding hydrogens is 286 g/mol. The van der Waals surface area contributed by atoms with Gasteiger partial charge in [0.1, 0.15) is 0 Å². The Labute approximate surface area is 127 Å². The standard InChI is InChI=1S/C15H17N3O2S/c1-4-20-14(19)11-6-5-7-12(16)13(11)21-15-17-9(2)8-10(3)18-15/h5-8H,4,16H2,1-3H3. The smallest absolute Gasteiger partial charge is 0.339 e. The van der Waals surface area contributed by atoms with Gasteiger partial charge in [0.25, 0.3) is 0 Å². The number of anilines is 1. The van der Waals surface area contributed by atoms with E-state index in [1.807, 2.05) is 19.9 Å². The quantitative estimate of drug-likeness (QED) is 0.531. The normalized spacial score (nSPS) is 10.4. The molecule has 0 radical (unpaired) electrons. The third kappa shape index (κ3) is 3.72. The predicted molar refractivity (Wildman–Crippen MR) is 82.4 cm³/mol. The summed E-state index contributed by atoms with van der Waals surface area (Å²) in [6, 6.07) is 7.06. The molecule has 1 aromatic heterocycles. The van der Waals surface area contributed by atoms with Crippen molar-refractivity contribution in [2.75, 3.05) is 12.3 Å². The van der Waals surface area contributed by atoms with Crippen LogP contribution < -0.4 is 5.73 Å². The molecule has 0 saturated heterocycles. The molecule has 0 aliphatic heterocycles. The molecule has 0 unspecified atom stereocenters. The van der Waals surface area contributed by atoms with Gasteiger partial charge in [-0.15, -0.1) is 0 Å². The van der Waals surface area contributed by atoms with E-state index in [9.17, 15) is 4.79 Å². The molecular formula is C15H17N3O2S. The summed E-state index contributed by atoms with van der Waals surface area (Å²) in [5, 5.41) is 0.566. The Morgan fingerprint density at radius 2 is 1.95 bits per heavy atom. The summed E-state index contributed by atoms with van der Waals surface area (Å²) in [6.45, 7) is 5.89. The van der Waals surface area contributed by atoms with E-state index in [1.54, 1.807) is 25.1 Å². The second-order valence-corrected chi connectivity index (χ2v) is 5.46. The van der Waals surface area contributed by atoms with Gasteiger partial charge >= 0.3 is 5.97 Å². The first kappa shape index (κ1) is 15.3. The zero-order valence-electron chi connectivity index (χ0n) is 12.2. The molecule has 1 heterocycles. The minimum Gasteiger partial charge on any atom is -0.462 e. The molecule has 0 bridgehead atoms. The van der Waals surface area contributed by atoms with Gasteiger partial charge in [-0.05, 0) is 50.7 Å². The van der Waals surface area contributed by atoms with Crippen molar-refractivity contribution in [1.82, 2.24) is 9.97 Å². The summed E-state index contributed by atoms with van der Waals surface area (Å²) in [5.74, 6) is -0.392. The van der Waals surface area contributed by atoms with Crippen LogP contribution in [-0.2, 0) is 4.74 Å². The van der Waals surface area contributed by atoms with Crippen LogP contribution in [0, 0.1) is 13.8 Å². The fourth-order valence-electron chi connectivity index (χ4n) is 1.87. The highest BCUT2D eigenvalue weighted by molar-refractivity contribution is 7.99. The number of esters is 1. The van der Waals surface area contributed by atoms with Crippen molar-refractivity contribution in [1.29, 1.82) is 0 Å². The van der Waals surface area contributed by atoms with Gasteiger partial charge in [0.15, 0.2) is 5.16 Å². The van der Waals surface area contributed by atoms with Gasteiger partial charge in [-0.2, -0.15) is 0 Å². The van der Waals surface area contributed by atoms with E-state index in [-0.39, 0.29) is 0 Å². The summed E-state index contributed by atoms with van der Waals surface area (Å²) in [6.07, 6.45) is 0. The van der Waals surface area contributed by atoms with Crippen LogP contribution in [0.3, 0.4) is 0 Å². The molecule has 2 aromatic rings. The Balaban J connectivity index is 2.41. The SMILES string of the molecule is CCOC(=O)c1cccc(N)c1Sc1nc(C)cc(C)n1. The molecule has 0 aliphatic carbocycles. The third-order valence-electron chi connectivity index (χ3n) is 2.70. The van der Waals surface area contributed by atoms with Crippen LogP contribution >= 0.6 is 11.8 Å². The lowest BCUT2D eigenvalue weighted by Crippen LogP contribution is -2.08. The van der Waals surface area contributed by atoms with Crippen LogP contribution in [0.1, 0.15) is 28.7 Å². The fraction of sp³-hybridized carbons (Fsp3) is 0.267. The lowest BCUT2D eigenvalue weighted by Gasteiger charge is -2.10. The van der Waals surface area contributed by atoms with Crippen molar-refractivity contribution in [3.63, 3.8) is 0 Å². The topological polar surface area (TPSA) is 78.1 Å². The maximum absolute atomic E-state index is 12.0. The largest absolute Gasteiger partial charge is 0.462 e. The highest BCUT2D eigenvalue weighted by Gasteiger charge is 2.17. The molecule has 0 saturated carbocycles. The molecule has 0 aliphatic rings. The zero-order valence-corrected chi connectivity index (χ0v) is 13.0. The number of nitrogens with zero attached hydrogens (tertiary/aromatic N) is 2. The summed E-state index contributed by atoms with van der Waals surface area (Å²) in [5.41, 5.74) is 8.68. The number of carbonyl (C=O) groups excluding carboxylic acids is 1. The van der Waals surface area contributed by atoms with Crippen molar-refractivity contribution in [2.24, 2.45) is 0 Å². The van der Waals surface area contributed by atoms with E-state index in [4.69, 9.17) is 10.5 Å². The second kappa shape index (κ2) is 6.58. The van der Waals surface area contributed by atoms with Gasteiger partial charge in [0.05, 0.1) is 17.1 Å². The predicted octanol–water partition coefficient (Wildman–Crippen LogP) is 3.00. The third-order valence-corrected chi connectivity index (χ3v) is 3.72. The van der Waals surface area contributed by atoms with Crippen molar-refractivity contribution in [3.8, 4) is 0 Å². The van der Waals surface area contributed by atoms with Crippen LogP contribution in [0.2, 0.25) is 0 Å². The Morgan fingerprint density at radius 1 is 1.29 bits per heavy atom. The van der Waals surface area contributed by atoms with Gasteiger partial charge in [-0.3, -0.25) is 0 Å². The molecule has 2 N–H and O–H groups in total. The number of nitrogens with two attached hydrogens (primary N) is 1. The van der Waals surface area contributed by atoms with Gasteiger partial charge in [-0.25, -0.2) is 14.8 Å². The first-order chi connectivity index (χ1) is 10.0.